The largest absolute Gasteiger partial charge is 0.477 e. The summed E-state index contributed by atoms with van der Waals surface area (Å²) in [7, 11) is 5.50. The van der Waals surface area contributed by atoms with Gasteiger partial charge in [0.1, 0.15) is 6.61 Å². The fourth-order valence-electron chi connectivity index (χ4n) is 6.31. The normalized spacial score (nSPS) is 13.8. The van der Waals surface area contributed by atoms with E-state index in [1.54, 1.807) is 0 Å². The molecule has 61 heavy (non-hydrogen) atoms. The molecule has 8 heteroatoms. The van der Waals surface area contributed by atoms with E-state index in [0.717, 1.165) is 83.5 Å². The van der Waals surface area contributed by atoms with E-state index in [0.29, 0.717) is 19.3 Å². The summed E-state index contributed by atoms with van der Waals surface area (Å²) >= 11 is 0. The van der Waals surface area contributed by atoms with Crippen molar-refractivity contribution in [3.8, 4) is 0 Å². The van der Waals surface area contributed by atoms with Crippen molar-refractivity contribution in [2.24, 2.45) is 0 Å². The molecule has 0 aliphatic heterocycles. The molecular formula is C53H88NO7+. The van der Waals surface area contributed by atoms with Crippen molar-refractivity contribution in [1.29, 1.82) is 0 Å². The molecule has 0 aromatic carbocycles. The first kappa shape index (κ1) is 57.2. The van der Waals surface area contributed by atoms with Gasteiger partial charge in [-0.25, -0.2) is 4.79 Å². The average molecular weight is 851 g/mol. The number of hydrogen-bond acceptors (Lipinski definition) is 6. The topological polar surface area (TPSA) is 99.1 Å². The monoisotopic (exact) mass is 851 g/mol. The first-order valence-electron chi connectivity index (χ1n) is 23.8. The van der Waals surface area contributed by atoms with Crippen LogP contribution in [0.15, 0.2) is 97.2 Å². The van der Waals surface area contributed by atoms with Gasteiger partial charge in [-0.1, -0.05) is 156 Å². The van der Waals surface area contributed by atoms with E-state index in [-0.39, 0.29) is 42.7 Å². The second-order valence-corrected chi connectivity index (χ2v) is 16.6. The fraction of sp³-hybridized carbons (Fsp3) is 0.642. The van der Waals surface area contributed by atoms with Gasteiger partial charge < -0.3 is 23.8 Å². The second kappa shape index (κ2) is 42.9. The SMILES string of the molecule is CC/C=C/C/C=C/C/C=C/C/C=C/C/C=C/C/C=C/C/C=C/CCCC(=O)OCC(COCCC(C(=O)O)[N+](C)(C)C)OC(=O)CCCCC/C=C/CCCCCCCCC. The van der Waals surface area contributed by atoms with Crippen molar-refractivity contribution in [2.45, 2.75) is 180 Å². The molecule has 0 fully saturated rings. The number of ether oxygens (including phenoxy) is 3. The summed E-state index contributed by atoms with van der Waals surface area (Å²) in [5, 5.41) is 9.63. The van der Waals surface area contributed by atoms with Gasteiger partial charge in [0.05, 0.1) is 34.4 Å². The van der Waals surface area contributed by atoms with Gasteiger partial charge in [-0.05, 0) is 89.9 Å². The number of hydrogen-bond donors (Lipinski definition) is 1. The van der Waals surface area contributed by atoms with E-state index in [9.17, 15) is 19.5 Å². The number of esters is 2. The number of aliphatic carboxylic acids is 1. The van der Waals surface area contributed by atoms with E-state index in [4.69, 9.17) is 14.2 Å². The number of carboxylic acid groups (broad SMARTS) is 1. The lowest BCUT2D eigenvalue weighted by atomic mass is 10.1. The van der Waals surface area contributed by atoms with Crippen molar-refractivity contribution < 1.29 is 38.2 Å². The Hall–Kier alpha value is -3.75. The maximum Gasteiger partial charge on any atom is 0.362 e. The molecule has 2 atom stereocenters. The highest BCUT2D eigenvalue weighted by Crippen LogP contribution is 2.12. The van der Waals surface area contributed by atoms with Crippen LogP contribution in [0.5, 0.6) is 0 Å². The first-order valence-corrected chi connectivity index (χ1v) is 23.8. The minimum atomic E-state index is -0.889. The van der Waals surface area contributed by atoms with Gasteiger partial charge in [-0.2, -0.15) is 0 Å². The Morgan fingerprint density at radius 1 is 0.508 bits per heavy atom. The Morgan fingerprint density at radius 2 is 0.934 bits per heavy atom. The predicted octanol–water partition coefficient (Wildman–Crippen LogP) is 13.5. The molecule has 0 bridgehead atoms. The van der Waals surface area contributed by atoms with Gasteiger partial charge in [-0.15, -0.1) is 0 Å². The van der Waals surface area contributed by atoms with Crippen molar-refractivity contribution >= 4 is 17.9 Å². The molecule has 0 saturated carbocycles. The molecule has 0 aliphatic carbocycles. The van der Waals surface area contributed by atoms with Crippen LogP contribution < -0.4 is 0 Å². The maximum absolute atomic E-state index is 12.7. The first-order chi connectivity index (χ1) is 29.6. The molecule has 8 nitrogen and oxygen atoms in total. The highest BCUT2D eigenvalue weighted by molar-refractivity contribution is 5.72. The number of carbonyl (C=O) groups excluding carboxylic acids is 2. The predicted molar refractivity (Wildman–Crippen MR) is 256 cm³/mol. The average Bonchev–Trinajstić information content (AvgIpc) is 3.22. The number of unbranched alkanes of at least 4 members (excludes halogenated alkanes) is 11. The van der Waals surface area contributed by atoms with E-state index in [1.165, 1.54) is 44.9 Å². The minimum Gasteiger partial charge on any atom is -0.477 e. The lowest BCUT2D eigenvalue weighted by Crippen LogP contribution is -2.50. The third kappa shape index (κ3) is 41.4. The minimum absolute atomic E-state index is 0.0311. The summed E-state index contributed by atoms with van der Waals surface area (Å²) < 4.78 is 17.2. The highest BCUT2D eigenvalue weighted by Gasteiger charge is 2.31. The zero-order valence-corrected chi connectivity index (χ0v) is 39.3. The summed E-state index contributed by atoms with van der Waals surface area (Å²) in [5.41, 5.74) is 0. The Kier molecular flexibility index (Phi) is 40.3. The van der Waals surface area contributed by atoms with Gasteiger partial charge in [0.2, 0.25) is 0 Å². The number of likely N-dealkylation sites (N-methyl/N-ethyl adjacent to an activating group) is 1. The van der Waals surface area contributed by atoms with Crippen molar-refractivity contribution in [3.63, 3.8) is 0 Å². The number of carbonyl (C=O) groups is 3. The van der Waals surface area contributed by atoms with Crippen molar-refractivity contribution in [1.82, 2.24) is 0 Å². The molecule has 0 aromatic heterocycles. The molecule has 346 valence electrons. The maximum atomic E-state index is 12.7. The molecule has 0 rings (SSSR count). The van der Waals surface area contributed by atoms with Crippen LogP contribution in [0.3, 0.4) is 0 Å². The van der Waals surface area contributed by atoms with Crippen LogP contribution in [0.1, 0.15) is 168 Å². The number of nitrogens with zero attached hydrogens (tertiary/aromatic N) is 1. The van der Waals surface area contributed by atoms with E-state index in [1.807, 2.05) is 21.1 Å². The molecule has 0 spiro atoms. The molecule has 1 N–H and O–H groups in total. The molecule has 0 aromatic rings. The Morgan fingerprint density at radius 3 is 1.43 bits per heavy atom. The van der Waals surface area contributed by atoms with Gasteiger partial charge in [0.25, 0.3) is 0 Å². The number of rotatable bonds is 41. The van der Waals surface area contributed by atoms with Crippen LogP contribution in [0, 0.1) is 0 Å². The van der Waals surface area contributed by atoms with E-state index < -0.39 is 18.1 Å². The summed E-state index contributed by atoms with van der Waals surface area (Å²) in [6, 6.07) is -0.631. The fourth-order valence-corrected chi connectivity index (χ4v) is 6.31. The second-order valence-electron chi connectivity index (χ2n) is 16.6. The van der Waals surface area contributed by atoms with Crippen LogP contribution in [0.25, 0.3) is 0 Å². The van der Waals surface area contributed by atoms with Crippen LogP contribution in [0.4, 0.5) is 0 Å². The summed E-state index contributed by atoms with van der Waals surface area (Å²) in [5.74, 6) is -1.58. The molecule has 0 radical (unpaired) electrons. The molecule has 0 heterocycles. The summed E-state index contributed by atoms with van der Waals surface area (Å²) in [6.45, 7) is 4.52. The Labute approximate surface area is 373 Å². The van der Waals surface area contributed by atoms with Crippen LogP contribution in [-0.2, 0) is 28.6 Å². The quantitative estimate of drug-likeness (QED) is 0.0283. The Bertz CT molecular complexity index is 1310. The van der Waals surface area contributed by atoms with Gasteiger partial charge in [0, 0.05) is 19.3 Å². The standard InChI is InChI=1S/C53H87NO7/c1-6-8-10-12-14-16-18-20-22-23-24-25-26-27-28-29-30-32-33-35-37-39-41-43-51(55)60-48-49(47-59-46-45-50(53(57)58)54(3,4)5)61-52(56)44-42-40-38-36-34-31-21-19-17-15-13-11-9-7-2/h8,10,14,16,20,22,24-25,27-28,30-32,34-35,37,49-50H,6-7,9,11-13,15,17-19,21,23,26,29,33,36,38-48H2,1-5H3/p+1/b10-8+,16-14+,22-20+,25-24+,28-27+,32-30+,34-31+,37-35+. The molecule has 2 unspecified atom stereocenters. The third-order valence-corrected chi connectivity index (χ3v) is 9.97. The number of allylic oxidation sites excluding steroid dienone is 16. The van der Waals surface area contributed by atoms with Crippen molar-refractivity contribution in [2.75, 3.05) is 41.0 Å². The van der Waals surface area contributed by atoms with Gasteiger partial charge >= 0.3 is 17.9 Å². The molecule has 0 aliphatic rings. The Balaban J connectivity index is 4.43. The lowest BCUT2D eigenvalue weighted by Gasteiger charge is -2.31. The molecular weight excluding hydrogens is 763 g/mol. The zero-order chi connectivity index (χ0) is 44.9. The van der Waals surface area contributed by atoms with Crippen LogP contribution >= 0.6 is 0 Å². The summed E-state index contributed by atoms with van der Waals surface area (Å²) in [4.78, 5) is 37.0. The van der Waals surface area contributed by atoms with Crippen LogP contribution in [0.2, 0.25) is 0 Å². The smallest absolute Gasteiger partial charge is 0.362 e. The molecule has 0 saturated heterocycles. The van der Waals surface area contributed by atoms with E-state index in [2.05, 4.69) is 111 Å². The number of carboxylic acids is 1. The molecule has 0 amide bonds. The highest BCUT2D eigenvalue weighted by atomic mass is 16.6. The number of quaternary nitrogens is 1. The summed E-state index contributed by atoms with van der Waals surface area (Å²) in [6.07, 6.45) is 57.5. The lowest BCUT2D eigenvalue weighted by molar-refractivity contribution is -0.887. The zero-order valence-electron chi connectivity index (χ0n) is 39.3. The van der Waals surface area contributed by atoms with Gasteiger partial charge in [-0.3, -0.25) is 9.59 Å². The van der Waals surface area contributed by atoms with Gasteiger partial charge in [0.15, 0.2) is 12.1 Å². The van der Waals surface area contributed by atoms with Crippen LogP contribution in [-0.4, -0.2) is 80.6 Å². The van der Waals surface area contributed by atoms with Crippen molar-refractivity contribution in [3.05, 3.63) is 97.2 Å². The van der Waals surface area contributed by atoms with E-state index >= 15 is 0 Å². The third-order valence-electron chi connectivity index (χ3n) is 9.97.